The second-order valence-corrected chi connectivity index (χ2v) is 4.89. The summed E-state index contributed by atoms with van der Waals surface area (Å²) in [5, 5.41) is 0. The van der Waals surface area contributed by atoms with Crippen molar-refractivity contribution < 1.29 is 0 Å². The van der Waals surface area contributed by atoms with Crippen molar-refractivity contribution in [1.29, 1.82) is 0 Å². The van der Waals surface area contributed by atoms with Gasteiger partial charge in [-0.25, -0.2) is 0 Å². The van der Waals surface area contributed by atoms with E-state index >= 15 is 0 Å². The first-order chi connectivity index (χ1) is 7.19. The first-order valence-electron chi connectivity index (χ1n) is 6.94. The van der Waals surface area contributed by atoms with Crippen LogP contribution < -0.4 is 5.73 Å². The van der Waals surface area contributed by atoms with Crippen LogP contribution in [0.15, 0.2) is 0 Å². The highest BCUT2D eigenvalue weighted by atomic mass is 14.6. The zero-order valence-electron chi connectivity index (χ0n) is 11.3. The van der Waals surface area contributed by atoms with Crippen molar-refractivity contribution in [2.24, 2.45) is 17.6 Å². The lowest BCUT2D eigenvalue weighted by Gasteiger charge is -2.26. The van der Waals surface area contributed by atoms with Crippen LogP contribution in [0.2, 0.25) is 0 Å². The van der Waals surface area contributed by atoms with E-state index in [-0.39, 0.29) is 0 Å². The van der Waals surface area contributed by atoms with Crippen LogP contribution >= 0.6 is 0 Å². The minimum Gasteiger partial charge on any atom is -0.327 e. The van der Waals surface area contributed by atoms with Gasteiger partial charge in [-0.2, -0.15) is 0 Å². The quantitative estimate of drug-likeness (QED) is 0.605. The van der Waals surface area contributed by atoms with E-state index in [0.29, 0.717) is 6.04 Å². The lowest BCUT2D eigenvalue weighted by molar-refractivity contribution is 0.303. The summed E-state index contributed by atoms with van der Waals surface area (Å²) in [6.45, 7) is 9.12. The molecule has 1 nitrogen and oxygen atoms in total. The highest BCUT2D eigenvalue weighted by Gasteiger charge is 2.18. The van der Waals surface area contributed by atoms with Gasteiger partial charge in [0.2, 0.25) is 0 Å². The maximum Gasteiger partial charge on any atom is 0.00696 e. The Morgan fingerprint density at radius 1 is 0.933 bits per heavy atom. The van der Waals surface area contributed by atoms with Gasteiger partial charge in [-0.05, 0) is 24.7 Å². The molecule has 0 aromatic carbocycles. The van der Waals surface area contributed by atoms with Gasteiger partial charge in [0.25, 0.3) is 0 Å². The molecular weight excluding hydrogens is 182 g/mol. The Morgan fingerprint density at radius 3 is 1.93 bits per heavy atom. The maximum absolute atomic E-state index is 6.32. The zero-order chi connectivity index (χ0) is 11.7. The molecule has 0 aromatic rings. The van der Waals surface area contributed by atoms with Crippen LogP contribution in [-0.2, 0) is 0 Å². The second-order valence-electron chi connectivity index (χ2n) is 4.89. The molecule has 2 atom stereocenters. The fraction of sp³-hybridized carbons (Fsp3) is 1.00. The molecule has 92 valence electrons. The molecule has 0 spiro atoms. The predicted molar refractivity (Wildman–Crippen MR) is 70.0 cm³/mol. The fourth-order valence-electron chi connectivity index (χ4n) is 2.39. The minimum atomic E-state index is 0.437. The van der Waals surface area contributed by atoms with Crippen LogP contribution in [0.4, 0.5) is 0 Å². The SMILES string of the molecule is CCCCC(CC)C(N)CC(CC)CC. The van der Waals surface area contributed by atoms with Crippen molar-refractivity contribution in [2.45, 2.75) is 78.7 Å². The normalized spacial score (nSPS) is 15.6. The molecule has 2 unspecified atom stereocenters. The average molecular weight is 213 g/mol. The predicted octanol–water partition coefficient (Wildman–Crippen LogP) is 4.36. The summed E-state index contributed by atoms with van der Waals surface area (Å²) in [4.78, 5) is 0. The van der Waals surface area contributed by atoms with Gasteiger partial charge in [0.15, 0.2) is 0 Å². The van der Waals surface area contributed by atoms with Gasteiger partial charge in [-0.15, -0.1) is 0 Å². The van der Waals surface area contributed by atoms with Gasteiger partial charge in [0.05, 0.1) is 0 Å². The second kappa shape index (κ2) is 9.21. The van der Waals surface area contributed by atoms with Crippen LogP contribution in [0, 0.1) is 11.8 Å². The van der Waals surface area contributed by atoms with Gasteiger partial charge in [0.1, 0.15) is 0 Å². The van der Waals surface area contributed by atoms with Crippen LogP contribution in [0.25, 0.3) is 0 Å². The van der Waals surface area contributed by atoms with Crippen molar-refractivity contribution in [3.05, 3.63) is 0 Å². The molecule has 0 radical (unpaired) electrons. The molecule has 0 rings (SSSR count). The highest BCUT2D eigenvalue weighted by Crippen LogP contribution is 2.23. The Kier molecular flexibility index (Phi) is 9.18. The Labute approximate surface area is 96.8 Å². The van der Waals surface area contributed by atoms with Crippen molar-refractivity contribution >= 4 is 0 Å². The lowest BCUT2D eigenvalue weighted by Crippen LogP contribution is -2.32. The summed E-state index contributed by atoms with van der Waals surface area (Å²) >= 11 is 0. The number of unbranched alkanes of at least 4 members (excludes halogenated alkanes) is 1. The molecule has 2 N–H and O–H groups in total. The third kappa shape index (κ3) is 6.19. The summed E-state index contributed by atoms with van der Waals surface area (Å²) in [5.41, 5.74) is 6.32. The van der Waals surface area contributed by atoms with E-state index in [2.05, 4.69) is 27.7 Å². The Bertz CT molecular complexity index is 129. The first-order valence-corrected chi connectivity index (χ1v) is 6.94. The number of rotatable bonds is 9. The van der Waals surface area contributed by atoms with Gasteiger partial charge in [-0.1, -0.05) is 59.8 Å². The van der Waals surface area contributed by atoms with E-state index in [4.69, 9.17) is 5.73 Å². The molecule has 0 aromatic heterocycles. The molecule has 0 aliphatic carbocycles. The Morgan fingerprint density at radius 2 is 1.53 bits per heavy atom. The van der Waals surface area contributed by atoms with Crippen molar-refractivity contribution in [2.75, 3.05) is 0 Å². The van der Waals surface area contributed by atoms with E-state index in [9.17, 15) is 0 Å². The van der Waals surface area contributed by atoms with E-state index in [1.54, 1.807) is 0 Å². The van der Waals surface area contributed by atoms with Gasteiger partial charge in [-0.3, -0.25) is 0 Å². The summed E-state index contributed by atoms with van der Waals surface area (Å²) in [6.07, 6.45) is 9.02. The van der Waals surface area contributed by atoms with E-state index in [1.807, 2.05) is 0 Å². The first kappa shape index (κ1) is 15.0. The molecule has 0 saturated carbocycles. The van der Waals surface area contributed by atoms with E-state index < -0.39 is 0 Å². The topological polar surface area (TPSA) is 26.0 Å². The van der Waals surface area contributed by atoms with E-state index in [0.717, 1.165) is 11.8 Å². The molecule has 0 fully saturated rings. The van der Waals surface area contributed by atoms with Crippen molar-refractivity contribution in [1.82, 2.24) is 0 Å². The third-order valence-electron chi connectivity index (χ3n) is 3.82. The molecule has 15 heavy (non-hydrogen) atoms. The van der Waals surface area contributed by atoms with E-state index in [1.165, 1.54) is 44.9 Å². The molecule has 0 aliphatic heterocycles. The van der Waals surface area contributed by atoms with Crippen LogP contribution in [0.3, 0.4) is 0 Å². The Hall–Kier alpha value is -0.0400. The Balaban J connectivity index is 3.95. The largest absolute Gasteiger partial charge is 0.327 e. The van der Waals surface area contributed by atoms with Gasteiger partial charge in [0, 0.05) is 6.04 Å². The van der Waals surface area contributed by atoms with Crippen LogP contribution in [0.5, 0.6) is 0 Å². The van der Waals surface area contributed by atoms with Crippen molar-refractivity contribution in [3.63, 3.8) is 0 Å². The summed E-state index contributed by atoms with van der Waals surface area (Å²) in [5.74, 6) is 1.60. The molecule has 0 heterocycles. The average Bonchev–Trinajstić information content (AvgIpc) is 2.26. The van der Waals surface area contributed by atoms with Gasteiger partial charge >= 0.3 is 0 Å². The van der Waals surface area contributed by atoms with Crippen LogP contribution in [0.1, 0.15) is 72.6 Å². The summed E-state index contributed by atoms with van der Waals surface area (Å²) < 4.78 is 0. The summed E-state index contributed by atoms with van der Waals surface area (Å²) in [6, 6.07) is 0.437. The molecule has 0 bridgehead atoms. The maximum atomic E-state index is 6.32. The zero-order valence-corrected chi connectivity index (χ0v) is 11.3. The fourth-order valence-corrected chi connectivity index (χ4v) is 2.39. The molecule has 0 aliphatic rings. The van der Waals surface area contributed by atoms with Crippen molar-refractivity contribution in [3.8, 4) is 0 Å². The number of hydrogen-bond acceptors (Lipinski definition) is 1. The molecule has 0 amide bonds. The molecular formula is C14H31N. The monoisotopic (exact) mass is 213 g/mol. The number of hydrogen-bond donors (Lipinski definition) is 1. The summed E-state index contributed by atoms with van der Waals surface area (Å²) in [7, 11) is 0. The standard InChI is InChI=1S/C14H31N/c1-5-9-10-13(8-4)14(15)11-12(6-2)7-3/h12-14H,5-11,15H2,1-4H3. The number of nitrogens with two attached hydrogens (primary N) is 1. The van der Waals surface area contributed by atoms with Crippen LogP contribution in [-0.4, -0.2) is 6.04 Å². The smallest absolute Gasteiger partial charge is 0.00696 e. The molecule has 1 heteroatoms. The molecule has 0 saturated heterocycles. The lowest BCUT2D eigenvalue weighted by atomic mass is 9.84. The minimum absolute atomic E-state index is 0.437. The highest BCUT2D eigenvalue weighted by molar-refractivity contribution is 4.74. The third-order valence-corrected chi connectivity index (χ3v) is 3.82. The van der Waals surface area contributed by atoms with Gasteiger partial charge < -0.3 is 5.73 Å².